The molecule has 18 heavy (non-hydrogen) atoms. The number of imide groups is 1. The van der Waals surface area contributed by atoms with Gasteiger partial charge in [-0.25, -0.2) is 4.79 Å². The van der Waals surface area contributed by atoms with Crippen LogP contribution in [0.1, 0.15) is 5.56 Å². The predicted octanol–water partition coefficient (Wildman–Crippen LogP) is 0.881. The Morgan fingerprint density at radius 2 is 2.06 bits per heavy atom. The topological polar surface area (TPSA) is 73.9 Å². The number of amides is 2. The monoisotopic (exact) mass is 251 g/mol. The molecule has 1 saturated heterocycles. The number of methoxy groups -OCH3 is 2. The summed E-state index contributed by atoms with van der Waals surface area (Å²) in [6, 6.07) is 5.24. The largest absolute Gasteiger partial charge is 0.497 e. The average Bonchev–Trinajstić information content (AvgIpc) is 2.68. The van der Waals surface area contributed by atoms with Crippen LogP contribution in [0.15, 0.2) is 18.2 Å². The smallest absolute Gasteiger partial charge is 0.414 e. The van der Waals surface area contributed by atoms with Gasteiger partial charge in [0.25, 0.3) is 5.91 Å². The van der Waals surface area contributed by atoms with Crippen LogP contribution in [-0.4, -0.2) is 32.3 Å². The Kier molecular flexibility index (Phi) is 3.36. The zero-order valence-electron chi connectivity index (χ0n) is 10.1. The van der Waals surface area contributed by atoms with Crippen molar-refractivity contribution in [3.8, 4) is 11.5 Å². The summed E-state index contributed by atoms with van der Waals surface area (Å²) >= 11 is 0. The van der Waals surface area contributed by atoms with Crippen LogP contribution in [0, 0.1) is 0 Å². The highest BCUT2D eigenvalue weighted by Crippen LogP contribution is 2.26. The van der Waals surface area contributed by atoms with Crippen molar-refractivity contribution in [3.63, 3.8) is 0 Å². The molecule has 1 aromatic rings. The molecule has 6 heteroatoms. The minimum atomic E-state index is -0.806. The van der Waals surface area contributed by atoms with E-state index in [-0.39, 0.29) is 6.42 Å². The number of alkyl carbamates (subject to hydrolysis) is 1. The highest BCUT2D eigenvalue weighted by molar-refractivity contribution is 6.00. The third-order valence-electron chi connectivity index (χ3n) is 2.67. The summed E-state index contributed by atoms with van der Waals surface area (Å²) < 4.78 is 15.1. The Hall–Kier alpha value is -2.24. The molecule has 0 aromatic heterocycles. The van der Waals surface area contributed by atoms with Crippen molar-refractivity contribution in [2.45, 2.75) is 12.5 Å². The molecular weight excluding hydrogens is 238 g/mol. The van der Waals surface area contributed by atoms with E-state index in [1.165, 1.54) is 7.11 Å². The summed E-state index contributed by atoms with van der Waals surface area (Å²) in [5.74, 6) is 0.812. The van der Waals surface area contributed by atoms with E-state index in [0.29, 0.717) is 11.5 Å². The minimum absolute atomic E-state index is 0.269. The Morgan fingerprint density at radius 3 is 2.61 bits per heavy atom. The lowest BCUT2D eigenvalue weighted by molar-refractivity contribution is -0.123. The second kappa shape index (κ2) is 4.95. The number of hydrogen-bond acceptors (Lipinski definition) is 5. The maximum absolute atomic E-state index is 11.4. The van der Waals surface area contributed by atoms with E-state index in [9.17, 15) is 9.59 Å². The predicted molar refractivity (Wildman–Crippen MR) is 61.7 cm³/mol. The van der Waals surface area contributed by atoms with Gasteiger partial charge in [-0.2, -0.15) is 0 Å². The number of nitrogens with one attached hydrogen (secondary N) is 1. The maximum Gasteiger partial charge on any atom is 0.414 e. The van der Waals surface area contributed by atoms with Crippen LogP contribution in [0.2, 0.25) is 0 Å². The normalized spacial score (nSPS) is 18.2. The molecular formula is C12H13NO5. The minimum Gasteiger partial charge on any atom is -0.497 e. The molecule has 96 valence electrons. The molecule has 1 aliphatic heterocycles. The van der Waals surface area contributed by atoms with Crippen LogP contribution >= 0.6 is 0 Å². The van der Waals surface area contributed by atoms with Crippen LogP contribution < -0.4 is 14.8 Å². The van der Waals surface area contributed by atoms with Gasteiger partial charge in [0.05, 0.1) is 14.2 Å². The zero-order chi connectivity index (χ0) is 13.1. The fourth-order valence-corrected chi connectivity index (χ4v) is 1.75. The SMILES string of the molecule is COc1ccc(CC2OC(=O)NC2=O)c(OC)c1. The molecule has 0 radical (unpaired) electrons. The molecule has 2 rings (SSSR count). The summed E-state index contributed by atoms with van der Waals surface area (Å²) in [6.07, 6.45) is -1.25. The van der Waals surface area contributed by atoms with Crippen LogP contribution in [0.25, 0.3) is 0 Å². The van der Waals surface area contributed by atoms with E-state index >= 15 is 0 Å². The summed E-state index contributed by atoms with van der Waals surface area (Å²) in [7, 11) is 3.08. The van der Waals surface area contributed by atoms with Crippen molar-refractivity contribution >= 4 is 12.0 Å². The first kappa shape index (κ1) is 12.2. The van der Waals surface area contributed by atoms with Gasteiger partial charge in [0.1, 0.15) is 11.5 Å². The lowest BCUT2D eigenvalue weighted by Crippen LogP contribution is -2.26. The number of rotatable bonds is 4. The van der Waals surface area contributed by atoms with Crippen molar-refractivity contribution in [2.24, 2.45) is 0 Å². The average molecular weight is 251 g/mol. The van der Waals surface area contributed by atoms with Gasteiger partial charge >= 0.3 is 6.09 Å². The van der Waals surface area contributed by atoms with Gasteiger partial charge in [0, 0.05) is 12.5 Å². The molecule has 1 atom stereocenters. The Bertz CT molecular complexity index is 485. The van der Waals surface area contributed by atoms with Gasteiger partial charge in [-0.3, -0.25) is 10.1 Å². The fraction of sp³-hybridized carbons (Fsp3) is 0.333. The van der Waals surface area contributed by atoms with Crippen LogP contribution in [0.5, 0.6) is 11.5 Å². The molecule has 0 saturated carbocycles. The molecule has 2 amide bonds. The number of cyclic esters (lactones) is 1. The standard InChI is InChI=1S/C12H13NO5/c1-16-8-4-3-7(9(6-8)17-2)5-10-11(14)13-12(15)18-10/h3-4,6,10H,5H2,1-2H3,(H,13,14,15). The molecule has 1 aliphatic rings. The lowest BCUT2D eigenvalue weighted by atomic mass is 10.1. The molecule has 0 aliphatic carbocycles. The number of carbonyl (C=O) groups is 2. The Balaban J connectivity index is 2.18. The van der Waals surface area contributed by atoms with Gasteiger partial charge < -0.3 is 14.2 Å². The van der Waals surface area contributed by atoms with Crippen LogP contribution in [0.4, 0.5) is 4.79 Å². The quantitative estimate of drug-likeness (QED) is 0.859. The maximum atomic E-state index is 11.4. The molecule has 1 N–H and O–H groups in total. The first-order valence-electron chi connectivity index (χ1n) is 5.36. The molecule has 0 spiro atoms. The second-order valence-corrected chi connectivity index (χ2v) is 3.77. The molecule has 6 nitrogen and oxygen atoms in total. The van der Waals surface area contributed by atoms with Gasteiger partial charge in [0.2, 0.25) is 0 Å². The fourth-order valence-electron chi connectivity index (χ4n) is 1.75. The number of ether oxygens (including phenoxy) is 3. The molecule has 0 bridgehead atoms. The van der Waals surface area contributed by atoms with Gasteiger partial charge in [-0.1, -0.05) is 6.07 Å². The molecule has 1 unspecified atom stereocenters. The Labute approximate surface area is 104 Å². The van der Waals surface area contributed by atoms with Crippen molar-refractivity contribution in [2.75, 3.05) is 14.2 Å². The van der Waals surface area contributed by atoms with E-state index in [1.807, 2.05) is 0 Å². The summed E-state index contributed by atoms with van der Waals surface area (Å²) in [4.78, 5) is 22.3. The number of benzene rings is 1. The number of hydrogen-bond donors (Lipinski definition) is 1. The van der Waals surface area contributed by atoms with Gasteiger partial charge in [0.15, 0.2) is 6.10 Å². The highest BCUT2D eigenvalue weighted by Gasteiger charge is 2.32. The molecule has 1 fully saturated rings. The van der Waals surface area contributed by atoms with E-state index in [0.717, 1.165) is 5.56 Å². The Morgan fingerprint density at radius 1 is 1.28 bits per heavy atom. The summed E-state index contributed by atoms with van der Waals surface area (Å²) in [5, 5.41) is 2.08. The van der Waals surface area contributed by atoms with Crippen LogP contribution in [0.3, 0.4) is 0 Å². The summed E-state index contributed by atoms with van der Waals surface area (Å²) in [6.45, 7) is 0. The van der Waals surface area contributed by atoms with Gasteiger partial charge in [-0.15, -0.1) is 0 Å². The third-order valence-corrected chi connectivity index (χ3v) is 2.67. The van der Waals surface area contributed by atoms with E-state index in [1.54, 1.807) is 25.3 Å². The third kappa shape index (κ3) is 2.37. The summed E-state index contributed by atoms with van der Waals surface area (Å²) in [5.41, 5.74) is 0.771. The van der Waals surface area contributed by atoms with Crippen molar-refractivity contribution in [3.05, 3.63) is 23.8 Å². The zero-order valence-corrected chi connectivity index (χ0v) is 10.1. The first-order valence-corrected chi connectivity index (χ1v) is 5.36. The molecule has 1 heterocycles. The van der Waals surface area contributed by atoms with E-state index in [2.05, 4.69) is 5.32 Å². The number of carbonyl (C=O) groups excluding carboxylic acids is 2. The van der Waals surface area contributed by atoms with Crippen molar-refractivity contribution in [1.29, 1.82) is 0 Å². The van der Waals surface area contributed by atoms with Crippen molar-refractivity contribution in [1.82, 2.24) is 5.32 Å². The van der Waals surface area contributed by atoms with E-state index in [4.69, 9.17) is 14.2 Å². The van der Waals surface area contributed by atoms with Crippen molar-refractivity contribution < 1.29 is 23.8 Å². The highest BCUT2D eigenvalue weighted by atomic mass is 16.6. The van der Waals surface area contributed by atoms with Gasteiger partial charge in [-0.05, 0) is 11.6 Å². The molecule has 1 aromatic carbocycles. The van der Waals surface area contributed by atoms with Crippen LogP contribution in [-0.2, 0) is 16.0 Å². The second-order valence-electron chi connectivity index (χ2n) is 3.77. The first-order chi connectivity index (χ1) is 8.63. The van der Waals surface area contributed by atoms with E-state index < -0.39 is 18.1 Å². The lowest BCUT2D eigenvalue weighted by Gasteiger charge is -2.12.